The third-order valence-corrected chi connectivity index (χ3v) is 5.91. The Balaban J connectivity index is 1.49. The molecule has 1 aromatic heterocycles. The van der Waals surface area contributed by atoms with Crippen molar-refractivity contribution in [2.45, 2.75) is 13.5 Å². The Kier molecular flexibility index (Phi) is 4.68. The predicted octanol–water partition coefficient (Wildman–Crippen LogP) is 2.74. The number of carbonyl (C=O) groups excluding carboxylic acids is 1. The van der Waals surface area contributed by atoms with Gasteiger partial charge in [0.05, 0.1) is 16.8 Å². The van der Waals surface area contributed by atoms with Crippen LogP contribution < -0.4 is 0 Å². The number of halogens is 1. The lowest BCUT2D eigenvalue weighted by Crippen LogP contribution is -2.37. The van der Waals surface area contributed by atoms with Crippen molar-refractivity contribution in [1.82, 2.24) is 9.88 Å². The van der Waals surface area contributed by atoms with E-state index in [1.807, 2.05) is 31.2 Å². The molecular weight excluding hydrogens is 402 g/mol. The van der Waals surface area contributed by atoms with Gasteiger partial charge in [0, 0.05) is 23.7 Å². The van der Waals surface area contributed by atoms with Crippen LogP contribution in [0.4, 0.5) is 0 Å². The second kappa shape index (κ2) is 7.03. The zero-order chi connectivity index (χ0) is 19.9. The van der Waals surface area contributed by atoms with Crippen LogP contribution in [-0.2, 0) is 26.2 Å². The minimum absolute atomic E-state index is 0.0189. The van der Waals surface area contributed by atoms with E-state index in [2.05, 4.69) is 9.38 Å². The van der Waals surface area contributed by atoms with Crippen LogP contribution in [0.5, 0.6) is 0 Å². The van der Waals surface area contributed by atoms with E-state index in [0.717, 1.165) is 16.5 Å². The van der Waals surface area contributed by atoms with Crippen LogP contribution >= 0.6 is 11.6 Å². The number of fused-ring (bicyclic) bond motifs is 2. The fourth-order valence-electron chi connectivity index (χ4n) is 2.95. The number of amidine groups is 1. The number of rotatable bonds is 3. The number of pyridine rings is 1. The quantitative estimate of drug-likeness (QED) is 0.563. The number of aromatic nitrogens is 1. The van der Waals surface area contributed by atoms with Gasteiger partial charge in [0.15, 0.2) is 0 Å². The van der Waals surface area contributed by atoms with E-state index in [1.165, 1.54) is 12.2 Å². The maximum atomic E-state index is 12.4. The first-order chi connectivity index (χ1) is 13.3. The molecular formula is C19H16ClN3O4S. The molecule has 0 radical (unpaired) electrons. The van der Waals surface area contributed by atoms with Crippen LogP contribution in [0, 0.1) is 6.92 Å². The van der Waals surface area contributed by atoms with Gasteiger partial charge in [-0.3, -0.25) is 0 Å². The first kappa shape index (κ1) is 18.6. The zero-order valence-electron chi connectivity index (χ0n) is 14.9. The van der Waals surface area contributed by atoms with E-state index in [9.17, 15) is 13.2 Å². The third kappa shape index (κ3) is 3.79. The van der Waals surface area contributed by atoms with Crippen LogP contribution in [0.3, 0.4) is 0 Å². The lowest BCUT2D eigenvalue weighted by Gasteiger charge is -2.26. The molecule has 0 bridgehead atoms. The van der Waals surface area contributed by atoms with Crippen molar-refractivity contribution in [2.75, 3.05) is 12.3 Å². The van der Waals surface area contributed by atoms with Crippen LogP contribution in [0.2, 0.25) is 5.15 Å². The standard InChI is InChI=1S/C19H16ClN3O4S/c1-12-2-3-13-9-15(18(20)21-16(13)8-12)11-27-19(24)14-4-5-17-22-28(25,26)7-6-23(17)10-14/h2-5,8-10H,6-7,11H2,1H3. The van der Waals surface area contributed by atoms with Gasteiger partial charge < -0.3 is 9.64 Å². The molecule has 144 valence electrons. The van der Waals surface area contributed by atoms with Crippen LogP contribution in [-0.4, -0.2) is 42.4 Å². The number of hydrogen-bond acceptors (Lipinski definition) is 6. The highest BCUT2D eigenvalue weighted by Gasteiger charge is 2.25. The SMILES string of the molecule is Cc1ccc2cc(COC(=O)C3=CN4CCS(=O)(=O)N=C4C=C3)c(Cl)nc2c1. The number of aryl methyl sites for hydroxylation is 1. The summed E-state index contributed by atoms with van der Waals surface area (Å²) >= 11 is 6.23. The second-order valence-corrected chi connectivity index (χ2v) is 8.67. The summed E-state index contributed by atoms with van der Waals surface area (Å²) in [5.41, 5.74) is 2.78. The maximum Gasteiger partial charge on any atom is 0.339 e. The number of nitrogens with zero attached hydrogens (tertiary/aromatic N) is 3. The fourth-order valence-corrected chi connectivity index (χ4v) is 4.12. The van der Waals surface area contributed by atoms with Gasteiger partial charge in [0.2, 0.25) is 0 Å². The molecule has 2 aliphatic rings. The Morgan fingerprint density at radius 3 is 2.93 bits per heavy atom. The van der Waals surface area contributed by atoms with Gasteiger partial charge in [-0.25, -0.2) is 18.2 Å². The van der Waals surface area contributed by atoms with Gasteiger partial charge in [0.25, 0.3) is 10.0 Å². The Bertz CT molecular complexity index is 1190. The summed E-state index contributed by atoms with van der Waals surface area (Å²) in [6.45, 7) is 2.20. The monoisotopic (exact) mass is 417 g/mol. The van der Waals surface area contributed by atoms with E-state index >= 15 is 0 Å². The van der Waals surface area contributed by atoms with Crippen LogP contribution in [0.25, 0.3) is 10.9 Å². The summed E-state index contributed by atoms with van der Waals surface area (Å²) in [5, 5.41) is 1.20. The number of ether oxygens (including phenoxy) is 1. The first-order valence-corrected chi connectivity index (χ1v) is 10.5. The molecule has 0 aliphatic carbocycles. The summed E-state index contributed by atoms with van der Waals surface area (Å²) < 4.78 is 32.1. The van der Waals surface area contributed by atoms with Gasteiger partial charge >= 0.3 is 5.97 Å². The smallest absolute Gasteiger partial charge is 0.339 e. The molecule has 0 unspecified atom stereocenters. The van der Waals surface area contributed by atoms with Gasteiger partial charge in [-0.15, -0.1) is 4.40 Å². The average Bonchev–Trinajstić information content (AvgIpc) is 2.65. The Hall–Kier alpha value is -2.71. The summed E-state index contributed by atoms with van der Waals surface area (Å²) in [5.74, 6) is -0.343. The van der Waals surface area contributed by atoms with Crippen molar-refractivity contribution in [3.63, 3.8) is 0 Å². The molecule has 2 aliphatic heterocycles. The molecule has 7 nitrogen and oxygen atoms in total. The molecule has 0 saturated carbocycles. The minimum atomic E-state index is -3.43. The van der Waals surface area contributed by atoms with E-state index in [4.69, 9.17) is 16.3 Å². The summed E-state index contributed by atoms with van der Waals surface area (Å²) in [7, 11) is -3.43. The molecule has 0 saturated heterocycles. The normalized spacial score (nSPS) is 17.7. The molecule has 2 aromatic rings. The molecule has 9 heteroatoms. The Morgan fingerprint density at radius 1 is 1.29 bits per heavy atom. The number of sulfonamides is 1. The van der Waals surface area contributed by atoms with Crippen molar-refractivity contribution in [1.29, 1.82) is 0 Å². The lowest BCUT2D eigenvalue weighted by molar-refractivity contribution is -0.139. The van der Waals surface area contributed by atoms with Gasteiger partial charge in [-0.05, 0) is 36.8 Å². The molecule has 0 fully saturated rings. The number of benzene rings is 1. The molecule has 0 N–H and O–H groups in total. The molecule has 4 rings (SSSR count). The molecule has 0 atom stereocenters. The van der Waals surface area contributed by atoms with Crippen LogP contribution in [0.1, 0.15) is 11.1 Å². The minimum Gasteiger partial charge on any atom is -0.457 e. The lowest BCUT2D eigenvalue weighted by atomic mass is 10.1. The summed E-state index contributed by atoms with van der Waals surface area (Å²) in [6.07, 6.45) is 4.51. The number of esters is 1. The maximum absolute atomic E-state index is 12.4. The van der Waals surface area contributed by atoms with Crippen LogP contribution in [0.15, 0.2) is 52.6 Å². The van der Waals surface area contributed by atoms with Gasteiger partial charge in [0.1, 0.15) is 17.6 Å². The Morgan fingerprint density at radius 2 is 2.11 bits per heavy atom. The van der Waals surface area contributed by atoms with Crippen molar-refractivity contribution >= 4 is 44.3 Å². The van der Waals surface area contributed by atoms with Crippen molar-refractivity contribution in [3.05, 3.63) is 64.5 Å². The number of hydrogen-bond donors (Lipinski definition) is 0. The van der Waals surface area contributed by atoms with E-state index in [0.29, 0.717) is 17.0 Å². The van der Waals surface area contributed by atoms with Gasteiger partial charge in [-0.2, -0.15) is 0 Å². The van der Waals surface area contributed by atoms with E-state index in [1.54, 1.807) is 11.1 Å². The first-order valence-electron chi connectivity index (χ1n) is 8.53. The molecule has 0 amide bonds. The Labute approximate surface area is 167 Å². The highest BCUT2D eigenvalue weighted by atomic mass is 35.5. The highest BCUT2D eigenvalue weighted by Crippen LogP contribution is 2.23. The zero-order valence-corrected chi connectivity index (χ0v) is 16.5. The summed E-state index contributed by atoms with van der Waals surface area (Å²) in [6, 6.07) is 7.70. The summed E-state index contributed by atoms with van der Waals surface area (Å²) in [4.78, 5) is 18.4. The second-order valence-electron chi connectivity index (χ2n) is 6.56. The molecule has 1 aromatic carbocycles. The third-order valence-electron chi connectivity index (χ3n) is 4.42. The molecule has 28 heavy (non-hydrogen) atoms. The number of carbonyl (C=O) groups is 1. The van der Waals surface area contributed by atoms with E-state index < -0.39 is 16.0 Å². The van der Waals surface area contributed by atoms with Gasteiger partial charge in [-0.1, -0.05) is 23.7 Å². The largest absolute Gasteiger partial charge is 0.457 e. The average molecular weight is 418 g/mol. The van der Waals surface area contributed by atoms with Crippen molar-refractivity contribution in [2.24, 2.45) is 4.40 Å². The highest BCUT2D eigenvalue weighted by molar-refractivity contribution is 7.90. The fraction of sp³-hybridized carbons (Fsp3) is 0.211. The van der Waals surface area contributed by atoms with Crippen molar-refractivity contribution < 1.29 is 17.9 Å². The molecule has 0 spiro atoms. The van der Waals surface area contributed by atoms with E-state index in [-0.39, 0.29) is 24.1 Å². The van der Waals surface area contributed by atoms with Crippen molar-refractivity contribution in [3.8, 4) is 0 Å². The molecule has 3 heterocycles. The predicted molar refractivity (Wildman–Crippen MR) is 106 cm³/mol. The topological polar surface area (TPSA) is 88.9 Å².